The van der Waals surface area contributed by atoms with Gasteiger partial charge < -0.3 is 0 Å². The highest BCUT2D eigenvalue weighted by Crippen LogP contribution is 2.31. The van der Waals surface area contributed by atoms with Gasteiger partial charge in [0.25, 0.3) is 10.0 Å². The monoisotopic (exact) mass is 487 g/mol. The lowest BCUT2D eigenvalue weighted by Crippen LogP contribution is -2.22. The Morgan fingerprint density at radius 3 is 2.19 bits per heavy atom. The summed E-state index contributed by atoms with van der Waals surface area (Å²) in [5, 5.41) is 3.97. The van der Waals surface area contributed by atoms with Crippen molar-refractivity contribution in [1.29, 1.82) is 0 Å². The molecule has 1 N–H and O–H groups in total. The Kier molecular flexibility index (Phi) is 6.59. The third kappa shape index (κ3) is 5.55. The van der Waals surface area contributed by atoms with E-state index >= 15 is 0 Å². The molecule has 0 spiro atoms. The molecule has 0 saturated heterocycles. The van der Waals surface area contributed by atoms with E-state index < -0.39 is 21.8 Å². The van der Waals surface area contributed by atoms with Crippen LogP contribution >= 0.6 is 23.2 Å². The highest BCUT2D eigenvalue weighted by molar-refractivity contribution is 7.89. The summed E-state index contributed by atoms with van der Waals surface area (Å²) >= 11 is 11.9. The predicted molar refractivity (Wildman–Crippen MR) is 113 cm³/mol. The van der Waals surface area contributed by atoms with Gasteiger partial charge in [0.15, 0.2) is 0 Å². The summed E-state index contributed by atoms with van der Waals surface area (Å²) in [6.07, 6.45) is -4.04. The van der Waals surface area contributed by atoms with E-state index in [1.807, 2.05) is 0 Å². The van der Waals surface area contributed by atoms with E-state index in [4.69, 9.17) is 23.2 Å². The maximum atomic E-state index is 13.0. The van der Waals surface area contributed by atoms with E-state index in [0.717, 1.165) is 5.56 Å². The second kappa shape index (κ2) is 8.86. The van der Waals surface area contributed by atoms with Crippen LogP contribution in [0.15, 0.2) is 70.8 Å². The van der Waals surface area contributed by atoms with Crippen molar-refractivity contribution in [1.82, 2.24) is 9.82 Å². The Morgan fingerprint density at radius 1 is 1.03 bits per heavy atom. The summed E-state index contributed by atoms with van der Waals surface area (Å²) in [6.45, 7) is 1.80. The predicted octanol–water partition coefficient (Wildman–Crippen LogP) is 5.45. The molecule has 1 aromatic heterocycles. The first-order valence-electron chi connectivity index (χ1n) is 8.62. The van der Waals surface area contributed by atoms with Gasteiger partial charge in [0.05, 0.1) is 15.5 Å². The Bertz CT molecular complexity index is 1230. The maximum Gasteiger partial charge on any atom is 0.417 e. The third-order valence-electron chi connectivity index (χ3n) is 4.12. The number of halogens is 5. The number of rotatable bonds is 5. The highest BCUT2D eigenvalue weighted by atomic mass is 35.5. The average molecular weight is 488 g/mol. The molecular formula is C20H14Cl2F3N3O2S. The minimum absolute atomic E-state index is 0.0382. The molecule has 0 atom stereocenters. The zero-order valence-electron chi connectivity index (χ0n) is 15.8. The molecule has 11 heteroatoms. The molecule has 162 valence electrons. The van der Waals surface area contributed by atoms with Gasteiger partial charge in [0.1, 0.15) is 11.4 Å². The molecule has 0 fully saturated rings. The van der Waals surface area contributed by atoms with Gasteiger partial charge in [-0.25, -0.2) is 0 Å². The largest absolute Gasteiger partial charge is 0.417 e. The first-order valence-corrected chi connectivity index (χ1v) is 10.9. The van der Waals surface area contributed by atoms with Crippen molar-refractivity contribution in [3.8, 4) is 0 Å². The second-order valence-electron chi connectivity index (χ2n) is 6.43. The van der Waals surface area contributed by atoms with Gasteiger partial charge in [-0.2, -0.15) is 31.5 Å². The molecule has 0 bridgehead atoms. The topological polar surface area (TPSA) is 71.4 Å². The van der Waals surface area contributed by atoms with Crippen LogP contribution in [0.4, 0.5) is 13.2 Å². The van der Waals surface area contributed by atoms with Crippen LogP contribution in [0.5, 0.6) is 0 Å². The van der Waals surface area contributed by atoms with Crippen molar-refractivity contribution in [2.45, 2.75) is 18.0 Å². The third-order valence-corrected chi connectivity index (χ3v) is 5.88. The fourth-order valence-corrected chi connectivity index (χ4v) is 3.70. The molecule has 0 aliphatic rings. The normalized spacial score (nSPS) is 12.6. The number of hydrogen-bond donors (Lipinski definition) is 1. The lowest BCUT2D eigenvalue weighted by atomic mass is 10.1. The van der Waals surface area contributed by atoms with Crippen molar-refractivity contribution in [2.24, 2.45) is 5.10 Å². The molecule has 5 nitrogen and oxygen atoms in total. The maximum absolute atomic E-state index is 13.0. The number of aromatic nitrogens is 1. The van der Waals surface area contributed by atoms with Gasteiger partial charge in [0, 0.05) is 16.8 Å². The lowest BCUT2D eigenvalue weighted by molar-refractivity contribution is -0.137. The SMILES string of the molecule is Cc1ccc(S(=O)(=O)N/N=C(/c2ccc(Cl)cc2)c2ncc(C(F)(F)F)cc2Cl)cc1. The van der Waals surface area contributed by atoms with Crippen LogP contribution in [0.25, 0.3) is 0 Å². The van der Waals surface area contributed by atoms with E-state index in [9.17, 15) is 21.6 Å². The summed E-state index contributed by atoms with van der Waals surface area (Å²) in [6, 6.07) is 12.8. The number of nitrogens with zero attached hydrogens (tertiary/aromatic N) is 2. The Labute approximate surface area is 186 Å². The number of pyridine rings is 1. The molecule has 0 saturated carbocycles. The van der Waals surface area contributed by atoms with E-state index in [2.05, 4.69) is 14.9 Å². The number of hydrogen-bond acceptors (Lipinski definition) is 4. The number of benzene rings is 2. The number of aryl methyl sites for hydroxylation is 1. The number of nitrogens with one attached hydrogen (secondary N) is 1. The molecule has 0 unspecified atom stereocenters. The van der Waals surface area contributed by atoms with Crippen LogP contribution in [-0.4, -0.2) is 19.1 Å². The van der Waals surface area contributed by atoms with Gasteiger partial charge in [-0.3, -0.25) is 4.98 Å². The molecule has 2 aromatic carbocycles. The van der Waals surface area contributed by atoms with Gasteiger partial charge >= 0.3 is 6.18 Å². The van der Waals surface area contributed by atoms with E-state index in [1.165, 1.54) is 36.4 Å². The lowest BCUT2D eigenvalue weighted by Gasteiger charge is -2.12. The molecule has 3 rings (SSSR count). The second-order valence-corrected chi connectivity index (χ2v) is 8.93. The summed E-state index contributed by atoms with van der Waals surface area (Å²) in [5.74, 6) is 0. The molecule has 0 radical (unpaired) electrons. The Balaban J connectivity index is 2.07. The molecular weight excluding hydrogens is 474 g/mol. The number of hydrazone groups is 1. The van der Waals surface area contributed by atoms with Crippen molar-refractivity contribution in [3.63, 3.8) is 0 Å². The fraction of sp³-hybridized carbons (Fsp3) is 0.100. The zero-order chi connectivity index (χ0) is 22.8. The summed E-state index contributed by atoms with van der Waals surface area (Å²) < 4.78 is 64.0. The van der Waals surface area contributed by atoms with Crippen LogP contribution in [0.1, 0.15) is 22.4 Å². The van der Waals surface area contributed by atoms with E-state index in [1.54, 1.807) is 19.1 Å². The zero-order valence-corrected chi connectivity index (χ0v) is 18.1. The van der Waals surface area contributed by atoms with Crippen LogP contribution in [0.2, 0.25) is 10.0 Å². The highest BCUT2D eigenvalue weighted by Gasteiger charge is 2.32. The first kappa shape index (κ1) is 23.1. The standard InChI is InChI=1S/C20H14Cl2F3N3O2S/c1-12-2-8-16(9-3-12)31(29,30)28-27-18(13-4-6-15(21)7-5-13)19-17(22)10-14(11-26-19)20(23,24)25/h2-11,28H,1H3/b27-18-. The van der Waals surface area contributed by atoms with Gasteiger partial charge in [-0.1, -0.05) is 53.0 Å². The average Bonchev–Trinajstić information content (AvgIpc) is 2.70. The quantitative estimate of drug-likeness (QED) is 0.384. The van der Waals surface area contributed by atoms with Crippen molar-refractivity contribution < 1.29 is 21.6 Å². The minimum atomic E-state index is -4.64. The van der Waals surface area contributed by atoms with Crippen LogP contribution in [0.3, 0.4) is 0 Å². The first-order chi connectivity index (χ1) is 14.5. The van der Waals surface area contributed by atoms with Crippen molar-refractivity contribution in [2.75, 3.05) is 0 Å². The molecule has 3 aromatic rings. The van der Waals surface area contributed by atoms with Gasteiger partial charge in [0.2, 0.25) is 0 Å². The van der Waals surface area contributed by atoms with Crippen LogP contribution in [0, 0.1) is 6.92 Å². The summed E-state index contributed by atoms with van der Waals surface area (Å²) in [7, 11) is -4.05. The van der Waals surface area contributed by atoms with Crippen LogP contribution in [-0.2, 0) is 16.2 Å². The Hall–Kier alpha value is -2.62. The number of sulfonamides is 1. The Morgan fingerprint density at radius 2 is 1.65 bits per heavy atom. The molecule has 0 amide bonds. The van der Waals surface area contributed by atoms with Gasteiger partial charge in [-0.05, 0) is 37.3 Å². The summed E-state index contributed by atoms with van der Waals surface area (Å²) in [5.41, 5.74) is -0.0539. The van der Waals surface area contributed by atoms with E-state index in [0.29, 0.717) is 22.8 Å². The molecule has 31 heavy (non-hydrogen) atoms. The molecule has 0 aliphatic carbocycles. The van der Waals surface area contributed by atoms with Crippen molar-refractivity contribution >= 4 is 38.9 Å². The minimum Gasteiger partial charge on any atom is -0.252 e. The number of alkyl halides is 3. The smallest absolute Gasteiger partial charge is 0.252 e. The van der Waals surface area contributed by atoms with Gasteiger partial charge in [-0.15, -0.1) is 0 Å². The molecule has 0 aliphatic heterocycles. The van der Waals surface area contributed by atoms with Crippen LogP contribution < -0.4 is 4.83 Å². The summed E-state index contributed by atoms with van der Waals surface area (Å²) in [4.78, 5) is 5.82. The van der Waals surface area contributed by atoms with Crippen molar-refractivity contribution in [3.05, 3.63) is 93.2 Å². The molecule has 1 heterocycles. The van der Waals surface area contributed by atoms with E-state index in [-0.39, 0.29) is 21.3 Å². The fourth-order valence-electron chi connectivity index (χ4n) is 2.51.